The normalized spacial score (nSPS) is 23.4. The van der Waals surface area contributed by atoms with E-state index in [1.165, 1.54) is 16.8 Å². The van der Waals surface area contributed by atoms with Gasteiger partial charge in [0.15, 0.2) is 0 Å². The van der Waals surface area contributed by atoms with E-state index in [2.05, 4.69) is 56.2 Å². The molecule has 0 saturated carbocycles. The minimum atomic E-state index is -0.00577. The fraction of sp³-hybridized carbons (Fsp3) is 0.440. The number of aromatic nitrogens is 2. The van der Waals surface area contributed by atoms with E-state index in [9.17, 15) is 4.79 Å². The molecule has 2 fully saturated rings. The van der Waals surface area contributed by atoms with Crippen molar-refractivity contribution in [3.8, 4) is 0 Å². The van der Waals surface area contributed by atoms with Crippen LogP contribution in [0, 0.1) is 0 Å². The van der Waals surface area contributed by atoms with Crippen LogP contribution in [-0.2, 0) is 13.6 Å². The highest BCUT2D eigenvalue weighted by molar-refractivity contribution is 5.89. The second-order valence-corrected chi connectivity index (χ2v) is 9.36. The highest BCUT2D eigenvalue weighted by Crippen LogP contribution is 2.41. The smallest absolute Gasteiger partial charge is 0.253 e. The first-order chi connectivity index (χ1) is 15.6. The van der Waals surface area contributed by atoms with Crippen LogP contribution in [0.5, 0.6) is 0 Å². The molecule has 0 radical (unpaired) electrons. The first-order valence-corrected chi connectivity index (χ1v) is 11.6. The van der Waals surface area contributed by atoms with Crippen molar-refractivity contribution >= 4 is 22.4 Å². The topological polar surface area (TPSA) is 56.6 Å². The first-order valence-electron chi connectivity index (χ1n) is 11.6. The van der Waals surface area contributed by atoms with Crippen LogP contribution < -0.4 is 20.7 Å². The lowest BCUT2D eigenvalue weighted by Gasteiger charge is -2.43. The number of aryl methyl sites for hydroxylation is 1. The largest absolute Gasteiger partial charge is 0.369 e. The van der Waals surface area contributed by atoms with Gasteiger partial charge in [0.2, 0.25) is 0 Å². The Hall–Kier alpha value is -2.90. The zero-order chi connectivity index (χ0) is 21.8. The zero-order valence-corrected chi connectivity index (χ0v) is 18.8. The van der Waals surface area contributed by atoms with E-state index in [4.69, 9.17) is 0 Å². The first kappa shape index (κ1) is 19.8. The third-order valence-electron chi connectivity index (χ3n) is 7.48. The van der Waals surface area contributed by atoms with Crippen molar-refractivity contribution in [2.24, 2.45) is 7.05 Å². The molecule has 32 heavy (non-hydrogen) atoms. The molecule has 5 heterocycles. The molecule has 7 nitrogen and oxygen atoms in total. The number of nitrogens with zero attached hydrogens (tertiary/aromatic N) is 5. The molecule has 2 atom stereocenters. The maximum atomic E-state index is 12.7. The Labute approximate surface area is 188 Å². The van der Waals surface area contributed by atoms with E-state index in [1.54, 1.807) is 23.9 Å². The Balaban J connectivity index is 1.35. The molecule has 166 valence electrons. The molecule has 0 aliphatic carbocycles. The van der Waals surface area contributed by atoms with Crippen LogP contribution in [0.3, 0.4) is 0 Å². The van der Waals surface area contributed by atoms with Gasteiger partial charge < -0.3 is 15.1 Å². The Morgan fingerprint density at radius 1 is 1.06 bits per heavy atom. The van der Waals surface area contributed by atoms with Crippen molar-refractivity contribution in [2.45, 2.75) is 25.6 Å². The molecule has 2 saturated heterocycles. The van der Waals surface area contributed by atoms with Gasteiger partial charge in [-0.3, -0.25) is 14.3 Å². The van der Waals surface area contributed by atoms with E-state index >= 15 is 0 Å². The van der Waals surface area contributed by atoms with E-state index in [-0.39, 0.29) is 5.56 Å². The van der Waals surface area contributed by atoms with Gasteiger partial charge in [-0.1, -0.05) is 6.07 Å². The second kappa shape index (κ2) is 7.60. The van der Waals surface area contributed by atoms with Crippen LogP contribution in [0.15, 0.2) is 47.4 Å². The number of fused-ring (bicyclic) bond motifs is 4. The minimum absolute atomic E-state index is 0.00577. The number of hydrogen-bond donors (Lipinski definition) is 1. The van der Waals surface area contributed by atoms with Crippen LogP contribution in [-0.4, -0.2) is 59.8 Å². The van der Waals surface area contributed by atoms with Gasteiger partial charge in [-0.05, 0) is 42.3 Å². The summed E-state index contributed by atoms with van der Waals surface area (Å²) in [5.74, 6) is 0. The van der Waals surface area contributed by atoms with Crippen LogP contribution in [0.2, 0.25) is 0 Å². The summed E-state index contributed by atoms with van der Waals surface area (Å²) in [4.78, 5) is 24.7. The molecular formula is C25H30N6O. The number of pyridine rings is 2. The molecule has 3 aliphatic heterocycles. The Morgan fingerprint density at radius 3 is 2.75 bits per heavy atom. The number of nitrogens with one attached hydrogen (secondary N) is 1. The standard InChI is InChI=1S/C25H30N6O/c1-17-14-30(22-13-24(32)28(2)25-21(22)4-3-7-27-25)16-23-20-6-5-19(12-18(20)15-31(17)23)29-10-8-26-9-11-29/h3-7,12-13,17,23,26H,8-11,14-16H2,1-2H3. The van der Waals surface area contributed by atoms with Gasteiger partial charge in [0.1, 0.15) is 5.65 Å². The van der Waals surface area contributed by atoms with Gasteiger partial charge in [-0.15, -0.1) is 0 Å². The molecule has 0 bridgehead atoms. The molecule has 0 amide bonds. The predicted molar refractivity (Wildman–Crippen MR) is 128 cm³/mol. The predicted octanol–water partition coefficient (Wildman–Crippen LogP) is 2.11. The highest BCUT2D eigenvalue weighted by atomic mass is 16.1. The summed E-state index contributed by atoms with van der Waals surface area (Å²) in [5, 5.41) is 4.48. The van der Waals surface area contributed by atoms with Gasteiger partial charge in [0, 0.05) is 82.2 Å². The molecule has 3 aromatic rings. The molecule has 2 aromatic heterocycles. The molecule has 3 aliphatic rings. The maximum absolute atomic E-state index is 12.7. The highest BCUT2D eigenvalue weighted by Gasteiger charge is 2.39. The summed E-state index contributed by atoms with van der Waals surface area (Å²) in [6, 6.07) is 13.6. The lowest BCUT2D eigenvalue weighted by molar-refractivity contribution is 0.134. The van der Waals surface area contributed by atoms with Crippen LogP contribution >= 0.6 is 0 Å². The van der Waals surface area contributed by atoms with Crippen LogP contribution in [0.25, 0.3) is 11.0 Å². The second-order valence-electron chi connectivity index (χ2n) is 9.36. The molecular weight excluding hydrogens is 400 g/mol. The Bertz CT molecular complexity index is 1230. The number of rotatable bonds is 2. The van der Waals surface area contributed by atoms with Crippen LogP contribution in [0.4, 0.5) is 11.4 Å². The molecule has 1 aromatic carbocycles. The van der Waals surface area contributed by atoms with Crippen molar-refractivity contribution in [1.29, 1.82) is 0 Å². The third kappa shape index (κ3) is 3.11. The van der Waals surface area contributed by atoms with E-state index in [0.717, 1.165) is 62.5 Å². The summed E-state index contributed by atoms with van der Waals surface area (Å²) in [6.45, 7) is 9.36. The van der Waals surface area contributed by atoms with Crippen molar-refractivity contribution in [1.82, 2.24) is 19.8 Å². The SMILES string of the molecule is CC1CN(c2cc(=O)n(C)c3ncccc23)CC2c3ccc(N4CCNCC4)cc3CN12. The number of benzene rings is 1. The lowest BCUT2D eigenvalue weighted by atomic mass is 10.00. The summed E-state index contributed by atoms with van der Waals surface area (Å²) in [7, 11) is 1.80. The minimum Gasteiger partial charge on any atom is -0.369 e. The monoisotopic (exact) mass is 430 g/mol. The fourth-order valence-electron chi connectivity index (χ4n) is 5.75. The quantitative estimate of drug-likeness (QED) is 0.672. The van der Waals surface area contributed by atoms with E-state index in [0.29, 0.717) is 12.1 Å². The van der Waals surface area contributed by atoms with Gasteiger partial charge in [-0.25, -0.2) is 4.98 Å². The zero-order valence-electron chi connectivity index (χ0n) is 18.8. The summed E-state index contributed by atoms with van der Waals surface area (Å²) >= 11 is 0. The summed E-state index contributed by atoms with van der Waals surface area (Å²) in [5.41, 5.74) is 5.99. The maximum Gasteiger partial charge on any atom is 0.253 e. The Kier molecular flexibility index (Phi) is 4.69. The molecule has 7 heteroatoms. The van der Waals surface area contributed by atoms with Gasteiger partial charge in [-0.2, -0.15) is 0 Å². The Morgan fingerprint density at radius 2 is 1.91 bits per heavy atom. The molecule has 1 N–H and O–H groups in total. The average molecular weight is 431 g/mol. The number of anilines is 2. The van der Waals surface area contributed by atoms with Gasteiger partial charge in [0.25, 0.3) is 5.56 Å². The van der Waals surface area contributed by atoms with Crippen molar-refractivity contribution in [3.63, 3.8) is 0 Å². The number of hydrogen-bond acceptors (Lipinski definition) is 6. The van der Waals surface area contributed by atoms with Gasteiger partial charge >= 0.3 is 0 Å². The van der Waals surface area contributed by atoms with Crippen molar-refractivity contribution < 1.29 is 0 Å². The molecule has 0 spiro atoms. The molecule has 2 unspecified atom stereocenters. The van der Waals surface area contributed by atoms with E-state index < -0.39 is 0 Å². The average Bonchev–Trinajstić information content (AvgIpc) is 3.20. The van der Waals surface area contributed by atoms with Crippen molar-refractivity contribution in [2.75, 3.05) is 49.1 Å². The van der Waals surface area contributed by atoms with E-state index in [1.807, 2.05) is 6.07 Å². The number of piperazine rings is 2. The fourth-order valence-corrected chi connectivity index (χ4v) is 5.75. The lowest BCUT2D eigenvalue weighted by Crippen LogP contribution is -2.51. The summed E-state index contributed by atoms with van der Waals surface area (Å²) < 4.78 is 1.64. The van der Waals surface area contributed by atoms with Gasteiger partial charge in [0.05, 0.1) is 11.7 Å². The molecule has 6 rings (SSSR count). The third-order valence-corrected chi connectivity index (χ3v) is 7.48. The van der Waals surface area contributed by atoms with Crippen molar-refractivity contribution in [3.05, 3.63) is 64.1 Å². The van der Waals surface area contributed by atoms with Crippen LogP contribution in [0.1, 0.15) is 24.1 Å². The summed E-state index contributed by atoms with van der Waals surface area (Å²) in [6.07, 6.45) is 1.76.